The standard InChI is InChI=1S/C16H26N2O3S2/c1-3-8-15-17-14(11-22-15)12-23(20,21)13(2)16(19)18-9-6-4-5-7-10-18/h11,13H,3-10,12H2,1-2H3. The Morgan fingerprint density at radius 3 is 2.57 bits per heavy atom. The van der Waals surface area contributed by atoms with E-state index >= 15 is 0 Å². The molecule has 1 aliphatic heterocycles. The van der Waals surface area contributed by atoms with E-state index < -0.39 is 15.1 Å². The van der Waals surface area contributed by atoms with Gasteiger partial charge in [0.2, 0.25) is 5.91 Å². The quantitative estimate of drug-likeness (QED) is 0.784. The fourth-order valence-electron chi connectivity index (χ4n) is 2.78. The molecular weight excluding hydrogens is 332 g/mol. The zero-order chi connectivity index (χ0) is 16.9. The van der Waals surface area contributed by atoms with Gasteiger partial charge in [-0.05, 0) is 32.6 Å². The number of amides is 1. The van der Waals surface area contributed by atoms with Gasteiger partial charge in [-0.3, -0.25) is 4.79 Å². The monoisotopic (exact) mass is 358 g/mol. The lowest BCUT2D eigenvalue weighted by Crippen LogP contribution is -2.42. The van der Waals surface area contributed by atoms with Crippen LogP contribution in [0.15, 0.2) is 5.38 Å². The van der Waals surface area contributed by atoms with Crippen LogP contribution in [0, 0.1) is 0 Å². The molecule has 7 heteroatoms. The molecule has 1 fully saturated rings. The van der Waals surface area contributed by atoms with E-state index in [1.54, 1.807) is 10.3 Å². The van der Waals surface area contributed by atoms with Gasteiger partial charge in [0.05, 0.1) is 16.5 Å². The molecule has 0 N–H and O–H groups in total. The molecule has 1 atom stereocenters. The zero-order valence-corrected chi connectivity index (χ0v) is 15.6. The maximum atomic E-state index is 12.6. The average Bonchev–Trinajstić information content (AvgIpc) is 2.77. The number of hydrogen-bond acceptors (Lipinski definition) is 5. The Labute approximate surface area is 143 Å². The zero-order valence-electron chi connectivity index (χ0n) is 14.0. The highest BCUT2D eigenvalue weighted by Crippen LogP contribution is 2.19. The minimum absolute atomic E-state index is 0.145. The van der Waals surface area contributed by atoms with E-state index in [0.29, 0.717) is 18.8 Å². The molecule has 1 aromatic heterocycles. The normalized spacial score (nSPS) is 17.7. The summed E-state index contributed by atoms with van der Waals surface area (Å²) in [7, 11) is -3.52. The van der Waals surface area contributed by atoms with Crippen molar-refractivity contribution in [2.24, 2.45) is 0 Å². The van der Waals surface area contributed by atoms with E-state index in [1.165, 1.54) is 18.3 Å². The summed E-state index contributed by atoms with van der Waals surface area (Å²) >= 11 is 1.49. The van der Waals surface area contributed by atoms with Crippen LogP contribution in [-0.2, 0) is 26.8 Å². The first-order valence-corrected chi connectivity index (χ1v) is 11.0. The molecule has 1 aromatic rings. The number of thiazole rings is 1. The Hall–Kier alpha value is -0.950. The predicted octanol–water partition coefficient (Wildman–Crippen LogP) is 2.80. The maximum Gasteiger partial charge on any atom is 0.240 e. The van der Waals surface area contributed by atoms with E-state index in [2.05, 4.69) is 11.9 Å². The number of nitrogens with zero attached hydrogens (tertiary/aromatic N) is 2. The fraction of sp³-hybridized carbons (Fsp3) is 0.750. The summed E-state index contributed by atoms with van der Waals surface area (Å²) in [6, 6.07) is 0. The summed E-state index contributed by atoms with van der Waals surface area (Å²) in [6.45, 7) is 4.94. The molecule has 1 aliphatic rings. The van der Waals surface area contributed by atoms with Crippen LogP contribution >= 0.6 is 11.3 Å². The minimum Gasteiger partial charge on any atom is -0.342 e. The van der Waals surface area contributed by atoms with Crippen molar-refractivity contribution in [1.29, 1.82) is 0 Å². The summed E-state index contributed by atoms with van der Waals surface area (Å²) in [5.41, 5.74) is 0.564. The summed E-state index contributed by atoms with van der Waals surface area (Å²) in [4.78, 5) is 18.6. The Bertz CT molecular complexity index is 617. The third kappa shape index (κ3) is 5.01. The molecule has 1 unspecified atom stereocenters. The van der Waals surface area contributed by atoms with Crippen molar-refractivity contribution < 1.29 is 13.2 Å². The van der Waals surface area contributed by atoms with Crippen LogP contribution in [-0.4, -0.2) is 42.5 Å². The molecule has 0 aromatic carbocycles. The molecule has 130 valence electrons. The maximum absolute atomic E-state index is 12.6. The highest BCUT2D eigenvalue weighted by molar-refractivity contribution is 7.92. The van der Waals surface area contributed by atoms with Gasteiger partial charge in [-0.2, -0.15) is 0 Å². The van der Waals surface area contributed by atoms with Crippen LogP contribution in [0.5, 0.6) is 0 Å². The molecule has 1 amide bonds. The smallest absolute Gasteiger partial charge is 0.240 e. The number of aromatic nitrogens is 1. The van der Waals surface area contributed by atoms with Gasteiger partial charge in [0, 0.05) is 18.5 Å². The largest absolute Gasteiger partial charge is 0.342 e. The number of carbonyl (C=O) groups excluding carboxylic acids is 1. The average molecular weight is 359 g/mol. The van der Waals surface area contributed by atoms with Gasteiger partial charge in [-0.25, -0.2) is 13.4 Å². The van der Waals surface area contributed by atoms with Gasteiger partial charge in [-0.1, -0.05) is 19.8 Å². The predicted molar refractivity (Wildman–Crippen MR) is 93.2 cm³/mol. The second-order valence-electron chi connectivity index (χ2n) is 6.17. The second-order valence-corrected chi connectivity index (χ2v) is 9.44. The molecule has 0 radical (unpaired) electrons. The molecule has 5 nitrogen and oxygen atoms in total. The Morgan fingerprint density at radius 2 is 1.96 bits per heavy atom. The van der Waals surface area contributed by atoms with Crippen LogP contribution in [0.1, 0.15) is 56.7 Å². The topological polar surface area (TPSA) is 67.3 Å². The molecule has 23 heavy (non-hydrogen) atoms. The Kier molecular flexibility index (Phi) is 6.59. The SMILES string of the molecule is CCCc1nc(CS(=O)(=O)C(C)C(=O)N2CCCCCC2)cs1. The van der Waals surface area contributed by atoms with Crippen molar-refractivity contribution >= 4 is 27.1 Å². The van der Waals surface area contributed by atoms with E-state index in [-0.39, 0.29) is 11.7 Å². The molecule has 0 bridgehead atoms. The fourth-order valence-corrected chi connectivity index (χ4v) is 5.05. The van der Waals surface area contributed by atoms with E-state index in [4.69, 9.17) is 0 Å². The van der Waals surface area contributed by atoms with Crippen LogP contribution in [0.3, 0.4) is 0 Å². The first-order chi connectivity index (χ1) is 10.9. The van der Waals surface area contributed by atoms with Crippen molar-refractivity contribution in [2.45, 2.75) is 63.4 Å². The van der Waals surface area contributed by atoms with Crippen molar-refractivity contribution in [1.82, 2.24) is 9.88 Å². The molecule has 0 spiro atoms. The number of likely N-dealkylation sites (tertiary alicyclic amines) is 1. The highest BCUT2D eigenvalue weighted by Gasteiger charge is 2.32. The van der Waals surface area contributed by atoms with Crippen LogP contribution in [0.25, 0.3) is 0 Å². The lowest BCUT2D eigenvalue weighted by Gasteiger charge is -2.23. The molecule has 2 rings (SSSR count). The Balaban J connectivity index is 2.03. The van der Waals surface area contributed by atoms with Crippen molar-refractivity contribution in [3.63, 3.8) is 0 Å². The van der Waals surface area contributed by atoms with Gasteiger partial charge in [0.1, 0.15) is 5.25 Å². The highest BCUT2D eigenvalue weighted by atomic mass is 32.2. The molecular formula is C16H26N2O3S2. The number of carbonyl (C=O) groups is 1. The van der Waals surface area contributed by atoms with Gasteiger partial charge < -0.3 is 4.90 Å². The van der Waals surface area contributed by atoms with Crippen LogP contribution in [0.4, 0.5) is 0 Å². The minimum atomic E-state index is -3.52. The summed E-state index contributed by atoms with van der Waals surface area (Å²) in [6.07, 6.45) is 6.01. The Morgan fingerprint density at radius 1 is 1.30 bits per heavy atom. The molecule has 0 aliphatic carbocycles. The summed E-state index contributed by atoms with van der Waals surface area (Å²) in [5.74, 6) is -0.399. The van der Waals surface area contributed by atoms with Crippen molar-refractivity contribution in [2.75, 3.05) is 13.1 Å². The third-order valence-corrected chi connectivity index (χ3v) is 7.15. The van der Waals surface area contributed by atoms with E-state index in [0.717, 1.165) is 43.5 Å². The van der Waals surface area contributed by atoms with Crippen molar-refractivity contribution in [3.05, 3.63) is 16.1 Å². The second kappa shape index (κ2) is 8.24. The molecule has 2 heterocycles. The lowest BCUT2D eigenvalue weighted by atomic mass is 10.2. The van der Waals surface area contributed by atoms with Gasteiger partial charge in [0.25, 0.3) is 0 Å². The number of sulfone groups is 1. The first-order valence-electron chi connectivity index (χ1n) is 8.37. The lowest BCUT2D eigenvalue weighted by molar-refractivity contribution is -0.130. The van der Waals surface area contributed by atoms with Crippen LogP contribution in [0.2, 0.25) is 0 Å². The van der Waals surface area contributed by atoms with Gasteiger partial charge in [-0.15, -0.1) is 11.3 Å². The first kappa shape index (κ1) is 18.4. The number of hydrogen-bond donors (Lipinski definition) is 0. The van der Waals surface area contributed by atoms with Gasteiger partial charge in [0.15, 0.2) is 9.84 Å². The summed E-state index contributed by atoms with van der Waals surface area (Å²) < 4.78 is 25.1. The third-order valence-electron chi connectivity index (χ3n) is 4.22. The van der Waals surface area contributed by atoms with E-state index in [1.807, 2.05) is 0 Å². The summed E-state index contributed by atoms with van der Waals surface area (Å²) in [5, 5.41) is 1.77. The van der Waals surface area contributed by atoms with E-state index in [9.17, 15) is 13.2 Å². The molecule has 1 saturated heterocycles. The number of rotatable bonds is 6. The van der Waals surface area contributed by atoms with Crippen LogP contribution < -0.4 is 0 Å². The number of aryl methyl sites for hydroxylation is 1. The van der Waals surface area contributed by atoms with Crippen molar-refractivity contribution in [3.8, 4) is 0 Å². The molecule has 0 saturated carbocycles. The van der Waals surface area contributed by atoms with Gasteiger partial charge >= 0.3 is 0 Å².